The number of aliphatic hydroxyl groups excluding tert-OH is 1. The molecule has 0 spiro atoms. The average molecular weight is 415 g/mol. The lowest BCUT2D eigenvalue weighted by Crippen LogP contribution is -2.54. The van der Waals surface area contributed by atoms with Crippen molar-refractivity contribution in [3.63, 3.8) is 0 Å². The first-order valence-corrected chi connectivity index (χ1v) is 12.7. The Kier molecular flexibility index (Phi) is 4.88. The van der Waals surface area contributed by atoms with E-state index in [1.165, 1.54) is 38.5 Å². The zero-order valence-corrected chi connectivity index (χ0v) is 19.7. The summed E-state index contributed by atoms with van der Waals surface area (Å²) in [5, 5.41) is 11.1. The Bertz CT molecular complexity index is 753. The van der Waals surface area contributed by atoms with Gasteiger partial charge >= 0.3 is 0 Å². The third kappa shape index (κ3) is 3.09. The summed E-state index contributed by atoms with van der Waals surface area (Å²) in [6.45, 7) is 11.9. The van der Waals surface area contributed by atoms with Crippen molar-refractivity contribution in [3.05, 3.63) is 11.6 Å². The summed E-state index contributed by atoms with van der Waals surface area (Å²) in [4.78, 5) is 12.1. The fraction of sp³-hybridized carbons (Fsp3) is 0.889. The fourth-order valence-corrected chi connectivity index (χ4v) is 8.94. The molecule has 1 N–H and O–H groups in total. The van der Waals surface area contributed by atoms with Gasteiger partial charge in [-0.25, -0.2) is 0 Å². The molecule has 1 saturated heterocycles. The molecule has 30 heavy (non-hydrogen) atoms. The van der Waals surface area contributed by atoms with Gasteiger partial charge in [0, 0.05) is 6.42 Å². The highest BCUT2D eigenvalue weighted by Crippen LogP contribution is 2.67. The molecule has 8 unspecified atom stereocenters. The van der Waals surface area contributed by atoms with Crippen LogP contribution in [0.1, 0.15) is 92.4 Å². The monoisotopic (exact) mass is 414 g/mol. The Labute approximate surface area is 183 Å². The normalized spacial score (nSPS) is 50.2. The van der Waals surface area contributed by atoms with Crippen molar-refractivity contribution >= 4 is 5.78 Å². The summed E-state index contributed by atoms with van der Waals surface area (Å²) in [7, 11) is 0. The van der Waals surface area contributed by atoms with Crippen molar-refractivity contribution in [3.8, 4) is 0 Å². The minimum absolute atomic E-state index is 0.0379. The van der Waals surface area contributed by atoms with Gasteiger partial charge < -0.3 is 9.84 Å². The summed E-state index contributed by atoms with van der Waals surface area (Å²) in [5.41, 5.74) is 1.64. The Morgan fingerprint density at radius 2 is 1.87 bits per heavy atom. The quantitative estimate of drug-likeness (QED) is 0.600. The molecule has 3 heteroatoms. The number of rotatable bonds is 4. The van der Waals surface area contributed by atoms with Gasteiger partial charge in [0.05, 0.1) is 17.8 Å². The van der Waals surface area contributed by atoms with Gasteiger partial charge in [-0.15, -0.1) is 0 Å². The van der Waals surface area contributed by atoms with Gasteiger partial charge in [-0.3, -0.25) is 4.79 Å². The summed E-state index contributed by atoms with van der Waals surface area (Å²) in [5.74, 6) is 3.79. The van der Waals surface area contributed by atoms with Crippen LogP contribution in [-0.2, 0) is 9.53 Å². The molecule has 0 aromatic carbocycles. The highest BCUT2D eigenvalue weighted by atomic mass is 16.6. The highest BCUT2D eigenvalue weighted by Gasteiger charge is 2.61. The lowest BCUT2D eigenvalue weighted by Gasteiger charge is -2.59. The van der Waals surface area contributed by atoms with Gasteiger partial charge in [-0.05, 0) is 117 Å². The van der Waals surface area contributed by atoms with E-state index in [0.717, 1.165) is 36.2 Å². The summed E-state index contributed by atoms with van der Waals surface area (Å²) in [6, 6.07) is 0. The molecule has 5 rings (SSSR count). The maximum atomic E-state index is 12.1. The number of carbonyl (C=O) groups is 1. The number of carbonyl (C=O) groups excluding carboxylic acids is 1. The van der Waals surface area contributed by atoms with Gasteiger partial charge in [0.25, 0.3) is 0 Å². The predicted octanol–water partition coefficient (Wildman–Crippen LogP) is 5.70. The minimum atomic E-state index is -0.409. The molecule has 0 aromatic heterocycles. The first-order valence-electron chi connectivity index (χ1n) is 12.7. The number of hydrogen-bond acceptors (Lipinski definition) is 3. The molecule has 0 aromatic rings. The van der Waals surface area contributed by atoms with E-state index < -0.39 is 6.10 Å². The van der Waals surface area contributed by atoms with Crippen LogP contribution in [0.2, 0.25) is 0 Å². The smallest absolute Gasteiger partial charge is 0.155 e. The molecule has 168 valence electrons. The van der Waals surface area contributed by atoms with E-state index in [1.807, 2.05) is 6.08 Å². The Balaban J connectivity index is 1.33. The number of hydrogen-bond donors (Lipinski definition) is 1. The van der Waals surface area contributed by atoms with E-state index in [4.69, 9.17) is 4.74 Å². The maximum absolute atomic E-state index is 12.1. The van der Waals surface area contributed by atoms with Crippen LogP contribution in [0.4, 0.5) is 0 Å². The van der Waals surface area contributed by atoms with Crippen molar-refractivity contribution in [2.24, 2.45) is 40.4 Å². The Hall–Kier alpha value is -0.670. The number of ether oxygens (including phenoxy) is 1. The molecule has 1 aliphatic heterocycles. The van der Waals surface area contributed by atoms with Crippen molar-refractivity contribution in [2.75, 3.05) is 0 Å². The van der Waals surface area contributed by atoms with Crippen LogP contribution < -0.4 is 0 Å². The van der Waals surface area contributed by atoms with Crippen molar-refractivity contribution in [1.29, 1.82) is 0 Å². The molecule has 0 radical (unpaired) electrons. The molecular formula is C27H42O3. The van der Waals surface area contributed by atoms with Crippen LogP contribution in [0.5, 0.6) is 0 Å². The van der Waals surface area contributed by atoms with E-state index in [0.29, 0.717) is 29.8 Å². The fourth-order valence-electron chi connectivity index (χ4n) is 8.94. The van der Waals surface area contributed by atoms with Gasteiger partial charge in [0.2, 0.25) is 0 Å². The highest BCUT2D eigenvalue weighted by molar-refractivity contribution is 5.91. The molecule has 0 bridgehead atoms. The predicted molar refractivity (Wildman–Crippen MR) is 119 cm³/mol. The topological polar surface area (TPSA) is 49.8 Å². The standard InChI is InChI=1S/C27H42O3/c1-16(6-9-24-25(2,3)30-24)19-7-8-20-18-15-23(29)22-14-17(28)10-12-27(22,5)21(18)11-13-26(19,20)4/h14,16,18-21,23-24,29H,6-13,15H2,1-5H3/t16-,18?,19?,20?,21?,23?,24?,26?,27?/m1/s1. The number of epoxide rings is 1. The second-order valence-electron chi connectivity index (χ2n) is 12.6. The minimum Gasteiger partial charge on any atom is -0.389 e. The lowest BCUT2D eigenvalue weighted by molar-refractivity contribution is -0.119. The van der Waals surface area contributed by atoms with Gasteiger partial charge in [0.15, 0.2) is 5.78 Å². The number of ketones is 1. The zero-order chi connectivity index (χ0) is 21.5. The lowest BCUT2D eigenvalue weighted by atomic mass is 9.46. The molecule has 3 nitrogen and oxygen atoms in total. The van der Waals surface area contributed by atoms with Gasteiger partial charge in [-0.1, -0.05) is 20.8 Å². The van der Waals surface area contributed by atoms with E-state index in [-0.39, 0.29) is 16.8 Å². The molecule has 0 amide bonds. The molecule has 3 saturated carbocycles. The van der Waals surface area contributed by atoms with Crippen molar-refractivity contribution in [1.82, 2.24) is 0 Å². The van der Waals surface area contributed by atoms with E-state index >= 15 is 0 Å². The van der Waals surface area contributed by atoms with E-state index in [2.05, 4.69) is 34.6 Å². The van der Waals surface area contributed by atoms with Crippen LogP contribution >= 0.6 is 0 Å². The SMILES string of the molecule is C[C@H](CCC1OC1(C)C)C1CCC2C3CC(O)C4=CC(=O)CCC4(C)C3CCC21C. The molecule has 1 heterocycles. The van der Waals surface area contributed by atoms with E-state index in [9.17, 15) is 9.90 Å². The van der Waals surface area contributed by atoms with Gasteiger partial charge in [-0.2, -0.15) is 0 Å². The Morgan fingerprint density at radius 3 is 2.57 bits per heavy atom. The first-order chi connectivity index (χ1) is 14.1. The third-order valence-electron chi connectivity index (χ3n) is 10.8. The van der Waals surface area contributed by atoms with Crippen molar-refractivity contribution < 1.29 is 14.6 Å². The molecule has 4 fully saturated rings. The largest absolute Gasteiger partial charge is 0.389 e. The molecular weight excluding hydrogens is 372 g/mol. The molecule has 9 atom stereocenters. The maximum Gasteiger partial charge on any atom is 0.155 e. The van der Waals surface area contributed by atoms with Gasteiger partial charge in [0.1, 0.15) is 0 Å². The molecule has 4 aliphatic carbocycles. The van der Waals surface area contributed by atoms with Crippen LogP contribution in [0.25, 0.3) is 0 Å². The Morgan fingerprint density at radius 1 is 1.13 bits per heavy atom. The average Bonchev–Trinajstić information content (AvgIpc) is 3.12. The number of aliphatic hydroxyl groups is 1. The van der Waals surface area contributed by atoms with Crippen LogP contribution in [0.15, 0.2) is 11.6 Å². The zero-order valence-electron chi connectivity index (χ0n) is 19.7. The molecule has 5 aliphatic rings. The van der Waals surface area contributed by atoms with Crippen LogP contribution in [0.3, 0.4) is 0 Å². The summed E-state index contributed by atoms with van der Waals surface area (Å²) < 4.78 is 5.84. The van der Waals surface area contributed by atoms with Crippen LogP contribution in [-0.4, -0.2) is 28.7 Å². The van der Waals surface area contributed by atoms with Crippen molar-refractivity contribution in [2.45, 2.75) is 110 Å². The van der Waals surface area contributed by atoms with Crippen LogP contribution in [0, 0.1) is 40.4 Å². The number of fused-ring (bicyclic) bond motifs is 5. The summed E-state index contributed by atoms with van der Waals surface area (Å²) in [6.07, 6.45) is 12.1. The van der Waals surface area contributed by atoms with E-state index in [1.54, 1.807) is 0 Å². The summed E-state index contributed by atoms with van der Waals surface area (Å²) >= 11 is 0. The second-order valence-corrected chi connectivity index (χ2v) is 12.6. The third-order valence-corrected chi connectivity index (χ3v) is 10.8. The first kappa shape index (κ1) is 21.2. The second kappa shape index (κ2) is 6.91.